The largest absolute Gasteiger partial charge is 0.272 e. The molecule has 1 heterocycles. The Bertz CT molecular complexity index is 1080. The molecule has 0 N–H and O–H groups in total. The van der Waals surface area contributed by atoms with Crippen molar-refractivity contribution in [1.82, 2.24) is 0 Å². The van der Waals surface area contributed by atoms with E-state index in [9.17, 15) is 9.59 Å². The minimum atomic E-state index is -0.297. The van der Waals surface area contributed by atoms with Crippen molar-refractivity contribution in [2.75, 3.05) is 10.7 Å². The zero-order valence-corrected chi connectivity index (χ0v) is 16.2. The Labute approximate surface area is 166 Å². The van der Waals surface area contributed by atoms with Crippen LogP contribution in [0.4, 0.5) is 5.69 Å². The highest BCUT2D eigenvalue weighted by Crippen LogP contribution is 2.40. The molecular weight excluding hydrogens is 378 g/mol. The molecule has 4 rings (SSSR count). The van der Waals surface area contributed by atoms with E-state index in [1.807, 2.05) is 49.4 Å². The van der Waals surface area contributed by atoms with E-state index >= 15 is 0 Å². The number of amides is 2. The van der Waals surface area contributed by atoms with Gasteiger partial charge in [0.15, 0.2) is 0 Å². The molecule has 0 radical (unpaired) electrons. The number of rotatable bonds is 4. The predicted molar refractivity (Wildman–Crippen MR) is 113 cm³/mol. The first-order chi connectivity index (χ1) is 13.1. The zero-order chi connectivity index (χ0) is 19.0. The summed E-state index contributed by atoms with van der Waals surface area (Å²) >= 11 is 7.38. The average Bonchev–Trinajstić information content (AvgIpc) is 2.92. The molecule has 0 bridgehead atoms. The third kappa shape index (κ3) is 3.05. The fourth-order valence-electron chi connectivity index (χ4n) is 3.28. The molecule has 2 amide bonds. The van der Waals surface area contributed by atoms with Gasteiger partial charge >= 0.3 is 0 Å². The number of anilines is 1. The lowest BCUT2D eigenvalue weighted by molar-refractivity contribution is -0.119. The summed E-state index contributed by atoms with van der Waals surface area (Å²) < 4.78 is 0. The third-order valence-electron chi connectivity index (χ3n) is 4.47. The van der Waals surface area contributed by atoms with Gasteiger partial charge in [-0.05, 0) is 34.9 Å². The lowest BCUT2D eigenvalue weighted by Gasteiger charge is -2.17. The molecule has 0 fully saturated rings. The smallest absolute Gasteiger partial charge is 0.268 e. The topological polar surface area (TPSA) is 37.4 Å². The Hall–Kier alpha value is -2.56. The molecule has 0 aliphatic carbocycles. The summed E-state index contributed by atoms with van der Waals surface area (Å²) in [5.74, 6) is 0.136. The predicted octanol–water partition coefficient (Wildman–Crippen LogP) is 5.53. The van der Waals surface area contributed by atoms with E-state index in [-0.39, 0.29) is 11.8 Å². The number of hydrogen-bond donors (Lipinski definition) is 0. The van der Waals surface area contributed by atoms with Gasteiger partial charge in [-0.15, -0.1) is 11.8 Å². The number of hydrogen-bond acceptors (Lipinski definition) is 3. The van der Waals surface area contributed by atoms with E-state index in [1.165, 1.54) is 16.7 Å². The van der Waals surface area contributed by atoms with Gasteiger partial charge in [0.2, 0.25) is 0 Å². The highest BCUT2D eigenvalue weighted by Gasteiger charge is 2.40. The second-order valence-corrected chi connectivity index (χ2v) is 7.80. The van der Waals surface area contributed by atoms with Gasteiger partial charge < -0.3 is 0 Å². The number of carbonyl (C=O) groups excluding carboxylic acids is 2. The van der Waals surface area contributed by atoms with Crippen molar-refractivity contribution in [3.05, 3.63) is 82.2 Å². The number of thioether (sulfide) groups is 1. The lowest BCUT2D eigenvalue weighted by Crippen LogP contribution is -2.31. The average molecular weight is 394 g/mol. The Morgan fingerprint density at radius 3 is 2.33 bits per heavy atom. The molecule has 0 saturated carbocycles. The van der Waals surface area contributed by atoms with Crippen molar-refractivity contribution >= 4 is 57.2 Å². The molecule has 0 spiro atoms. The van der Waals surface area contributed by atoms with Gasteiger partial charge in [-0.3, -0.25) is 9.59 Å². The van der Waals surface area contributed by atoms with Gasteiger partial charge in [0.25, 0.3) is 11.8 Å². The first kappa shape index (κ1) is 17.8. The van der Waals surface area contributed by atoms with E-state index < -0.39 is 0 Å². The summed E-state index contributed by atoms with van der Waals surface area (Å²) in [5.41, 5.74) is 1.76. The summed E-state index contributed by atoms with van der Waals surface area (Å²) in [6, 6.07) is 20.4. The molecule has 134 valence electrons. The SMILES string of the molecule is CCSC1=C(c2ccc(Cl)cc2)C(=O)N(c2cccc3ccccc23)C1=O. The van der Waals surface area contributed by atoms with Crippen molar-refractivity contribution in [2.45, 2.75) is 6.92 Å². The van der Waals surface area contributed by atoms with Crippen LogP contribution in [0.1, 0.15) is 12.5 Å². The number of carbonyl (C=O) groups is 2. The number of fused-ring (bicyclic) bond motifs is 1. The van der Waals surface area contributed by atoms with E-state index in [0.717, 1.165) is 10.8 Å². The van der Waals surface area contributed by atoms with Gasteiger partial charge in [0.1, 0.15) is 0 Å². The zero-order valence-electron chi connectivity index (χ0n) is 14.6. The minimum Gasteiger partial charge on any atom is -0.268 e. The molecule has 27 heavy (non-hydrogen) atoms. The van der Waals surface area contributed by atoms with Crippen LogP contribution in [0, 0.1) is 0 Å². The Kier molecular flexibility index (Phi) is 4.77. The summed E-state index contributed by atoms with van der Waals surface area (Å²) in [7, 11) is 0. The van der Waals surface area contributed by atoms with Crippen LogP contribution in [-0.4, -0.2) is 17.6 Å². The molecule has 0 saturated heterocycles. The fraction of sp³-hybridized carbons (Fsp3) is 0.0909. The van der Waals surface area contributed by atoms with Crippen molar-refractivity contribution in [2.24, 2.45) is 0 Å². The Balaban J connectivity index is 1.87. The minimum absolute atomic E-state index is 0.270. The third-order valence-corrected chi connectivity index (χ3v) is 5.68. The van der Waals surface area contributed by atoms with Gasteiger partial charge in [0, 0.05) is 10.4 Å². The van der Waals surface area contributed by atoms with Crippen molar-refractivity contribution in [1.29, 1.82) is 0 Å². The number of imide groups is 1. The van der Waals surface area contributed by atoms with Crippen LogP contribution in [0.2, 0.25) is 5.02 Å². The normalized spacial score (nSPS) is 14.5. The van der Waals surface area contributed by atoms with Gasteiger partial charge in [-0.25, -0.2) is 4.90 Å². The molecule has 3 nitrogen and oxygen atoms in total. The van der Waals surface area contributed by atoms with E-state index in [2.05, 4.69) is 0 Å². The van der Waals surface area contributed by atoms with Gasteiger partial charge in [-0.2, -0.15) is 0 Å². The van der Waals surface area contributed by atoms with Crippen molar-refractivity contribution in [3.63, 3.8) is 0 Å². The fourth-order valence-corrected chi connectivity index (χ4v) is 4.26. The summed E-state index contributed by atoms with van der Waals surface area (Å²) in [4.78, 5) is 28.3. The summed E-state index contributed by atoms with van der Waals surface area (Å²) in [6.07, 6.45) is 0. The molecule has 3 aromatic rings. The second kappa shape index (κ2) is 7.22. The van der Waals surface area contributed by atoms with Crippen LogP contribution in [0.5, 0.6) is 0 Å². The molecule has 0 aromatic heterocycles. The highest BCUT2D eigenvalue weighted by molar-refractivity contribution is 8.04. The van der Waals surface area contributed by atoms with Crippen molar-refractivity contribution < 1.29 is 9.59 Å². The second-order valence-electron chi connectivity index (χ2n) is 6.09. The maximum Gasteiger partial charge on any atom is 0.272 e. The molecule has 3 aromatic carbocycles. The van der Waals surface area contributed by atoms with Crippen LogP contribution in [-0.2, 0) is 9.59 Å². The Morgan fingerprint density at radius 1 is 0.889 bits per heavy atom. The van der Waals surface area contributed by atoms with Gasteiger partial charge in [-0.1, -0.05) is 67.1 Å². The van der Waals surface area contributed by atoms with Crippen molar-refractivity contribution in [3.8, 4) is 0 Å². The van der Waals surface area contributed by atoms with Crippen LogP contribution >= 0.6 is 23.4 Å². The molecule has 0 unspecified atom stereocenters. The molecule has 1 aliphatic heterocycles. The van der Waals surface area contributed by atoms with E-state index in [0.29, 0.717) is 32.5 Å². The first-order valence-corrected chi connectivity index (χ1v) is 9.97. The first-order valence-electron chi connectivity index (χ1n) is 8.61. The molecular formula is C22H16ClNO2S. The van der Waals surface area contributed by atoms with E-state index in [1.54, 1.807) is 24.3 Å². The quantitative estimate of drug-likeness (QED) is 0.547. The lowest BCUT2D eigenvalue weighted by atomic mass is 10.1. The molecule has 1 aliphatic rings. The Morgan fingerprint density at radius 2 is 1.59 bits per heavy atom. The van der Waals surface area contributed by atoms with Crippen LogP contribution in [0.25, 0.3) is 16.3 Å². The number of nitrogens with zero attached hydrogens (tertiary/aromatic N) is 1. The number of halogens is 1. The number of benzene rings is 3. The van der Waals surface area contributed by atoms with E-state index in [4.69, 9.17) is 11.6 Å². The molecule has 5 heteroatoms. The summed E-state index contributed by atoms with van der Waals surface area (Å²) in [5, 5.41) is 2.45. The maximum absolute atomic E-state index is 13.3. The van der Waals surface area contributed by atoms with Crippen LogP contribution < -0.4 is 4.90 Å². The molecule has 0 atom stereocenters. The monoisotopic (exact) mass is 393 g/mol. The highest BCUT2D eigenvalue weighted by atomic mass is 35.5. The van der Waals surface area contributed by atoms with Crippen LogP contribution in [0.15, 0.2) is 71.6 Å². The van der Waals surface area contributed by atoms with Crippen LogP contribution in [0.3, 0.4) is 0 Å². The standard InChI is InChI=1S/C22H16ClNO2S/c1-2-27-20-19(15-10-12-16(23)13-11-15)21(25)24(22(20)26)18-9-5-7-14-6-3-4-8-17(14)18/h3-13H,2H2,1H3. The van der Waals surface area contributed by atoms with Gasteiger partial charge in [0.05, 0.1) is 16.2 Å². The maximum atomic E-state index is 13.3. The summed E-state index contributed by atoms with van der Waals surface area (Å²) in [6.45, 7) is 1.97.